The van der Waals surface area contributed by atoms with Crippen LogP contribution in [0.4, 0.5) is 0 Å². The summed E-state index contributed by atoms with van der Waals surface area (Å²) in [5.41, 5.74) is 1.29. The minimum absolute atomic E-state index is 0.118. The summed E-state index contributed by atoms with van der Waals surface area (Å²) in [5.74, 6) is 0.795. The van der Waals surface area contributed by atoms with Gasteiger partial charge in [0.05, 0.1) is 6.10 Å². The van der Waals surface area contributed by atoms with Crippen molar-refractivity contribution in [3.63, 3.8) is 0 Å². The zero-order valence-electron chi connectivity index (χ0n) is 8.48. The van der Waals surface area contributed by atoms with Crippen molar-refractivity contribution in [2.45, 2.75) is 44.6 Å². The van der Waals surface area contributed by atoms with E-state index in [0.29, 0.717) is 0 Å². The molecule has 2 heteroatoms. The van der Waals surface area contributed by atoms with Crippen molar-refractivity contribution in [2.75, 3.05) is 0 Å². The number of hydrogen-bond donors (Lipinski definition) is 1. The first-order valence-corrected chi connectivity index (χ1v) is 6.48. The molecule has 0 aliphatic heterocycles. The molecule has 1 heterocycles. The third-order valence-corrected chi connectivity index (χ3v) is 3.86. The average molecular weight is 210 g/mol. The fourth-order valence-electron chi connectivity index (χ4n) is 2.40. The van der Waals surface area contributed by atoms with Crippen LogP contribution in [-0.4, -0.2) is 11.2 Å². The smallest absolute Gasteiger partial charge is 0.0583 e. The van der Waals surface area contributed by atoms with Gasteiger partial charge in [-0.25, -0.2) is 0 Å². The zero-order valence-corrected chi connectivity index (χ0v) is 9.30. The van der Waals surface area contributed by atoms with Crippen molar-refractivity contribution in [1.82, 2.24) is 0 Å². The van der Waals surface area contributed by atoms with Gasteiger partial charge in [-0.1, -0.05) is 25.7 Å². The average Bonchev–Trinajstić information content (AvgIpc) is 2.76. The summed E-state index contributed by atoms with van der Waals surface area (Å²) < 4.78 is 0. The van der Waals surface area contributed by atoms with Crippen LogP contribution in [0.3, 0.4) is 0 Å². The van der Waals surface area contributed by atoms with Gasteiger partial charge >= 0.3 is 0 Å². The highest BCUT2D eigenvalue weighted by Gasteiger charge is 2.18. The summed E-state index contributed by atoms with van der Waals surface area (Å²) in [6.07, 6.45) is 7.15. The van der Waals surface area contributed by atoms with Crippen molar-refractivity contribution in [1.29, 1.82) is 0 Å². The van der Waals surface area contributed by atoms with Crippen molar-refractivity contribution in [2.24, 2.45) is 5.92 Å². The van der Waals surface area contributed by atoms with E-state index in [1.807, 2.05) is 0 Å². The molecule has 1 N–H and O–H groups in total. The van der Waals surface area contributed by atoms with E-state index in [9.17, 15) is 5.11 Å². The molecule has 0 saturated heterocycles. The molecule has 14 heavy (non-hydrogen) atoms. The maximum Gasteiger partial charge on any atom is 0.0583 e. The van der Waals surface area contributed by atoms with Gasteiger partial charge in [-0.2, -0.15) is 11.3 Å². The number of aliphatic hydroxyl groups excluding tert-OH is 1. The lowest BCUT2D eigenvalue weighted by Gasteiger charge is -2.14. The second-order valence-electron chi connectivity index (χ2n) is 4.38. The molecule has 1 saturated carbocycles. The van der Waals surface area contributed by atoms with Crippen molar-refractivity contribution < 1.29 is 5.11 Å². The van der Waals surface area contributed by atoms with Crippen LogP contribution in [0.2, 0.25) is 0 Å². The lowest BCUT2D eigenvalue weighted by molar-refractivity contribution is 0.143. The van der Waals surface area contributed by atoms with Crippen LogP contribution < -0.4 is 0 Å². The van der Waals surface area contributed by atoms with E-state index >= 15 is 0 Å². The molecular formula is C12H18OS. The largest absolute Gasteiger partial charge is 0.393 e. The molecule has 0 spiro atoms. The van der Waals surface area contributed by atoms with E-state index in [4.69, 9.17) is 0 Å². The Morgan fingerprint density at radius 1 is 1.43 bits per heavy atom. The molecule has 1 unspecified atom stereocenters. The van der Waals surface area contributed by atoms with Crippen molar-refractivity contribution in [3.05, 3.63) is 22.4 Å². The molecule has 1 aliphatic rings. The summed E-state index contributed by atoms with van der Waals surface area (Å²) >= 11 is 1.71. The van der Waals surface area contributed by atoms with Crippen LogP contribution in [0.15, 0.2) is 16.8 Å². The minimum Gasteiger partial charge on any atom is -0.393 e. The lowest BCUT2D eigenvalue weighted by Crippen LogP contribution is -2.14. The van der Waals surface area contributed by atoms with E-state index in [-0.39, 0.29) is 6.10 Å². The van der Waals surface area contributed by atoms with Crippen LogP contribution in [0.5, 0.6) is 0 Å². The van der Waals surface area contributed by atoms with Gasteiger partial charge in [-0.05, 0) is 41.1 Å². The maximum atomic E-state index is 9.89. The quantitative estimate of drug-likeness (QED) is 0.809. The zero-order chi connectivity index (χ0) is 9.80. The monoisotopic (exact) mass is 210 g/mol. The first-order chi connectivity index (χ1) is 6.84. The van der Waals surface area contributed by atoms with Gasteiger partial charge in [0, 0.05) is 0 Å². The topological polar surface area (TPSA) is 20.2 Å². The number of thiophene rings is 1. The molecule has 0 radical (unpaired) electrons. The number of hydrogen-bond acceptors (Lipinski definition) is 2. The second-order valence-corrected chi connectivity index (χ2v) is 5.16. The number of rotatable bonds is 4. The van der Waals surface area contributed by atoms with Gasteiger partial charge in [0.25, 0.3) is 0 Å². The fourth-order valence-corrected chi connectivity index (χ4v) is 3.08. The third kappa shape index (κ3) is 2.82. The molecule has 0 aromatic carbocycles. The summed E-state index contributed by atoms with van der Waals surface area (Å²) in [6, 6.07) is 2.11. The van der Waals surface area contributed by atoms with Crippen LogP contribution in [0, 0.1) is 5.92 Å². The Morgan fingerprint density at radius 2 is 2.21 bits per heavy atom. The highest BCUT2D eigenvalue weighted by molar-refractivity contribution is 7.07. The number of aliphatic hydroxyl groups is 1. The highest BCUT2D eigenvalue weighted by atomic mass is 32.1. The molecule has 1 aromatic rings. The Bertz CT molecular complexity index is 249. The molecule has 1 atom stereocenters. The Balaban J connectivity index is 1.75. The van der Waals surface area contributed by atoms with Crippen LogP contribution in [0.1, 0.15) is 37.7 Å². The Hall–Kier alpha value is -0.340. The first-order valence-electron chi connectivity index (χ1n) is 5.54. The molecule has 1 fully saturated rings. The standard InChI is InChI=1S/C12H18OS/c13-12(7-10-3-1-2-4-10)8-11-5-6-14-9-11/h5-6,9-10,12-13H,1-4,7-8H2. The van der Waals surface area contributed by atoms with Crippen LogP contribution >= 0.6 is 11.3 Å². The molecule has 78 valence electrons. The molecule has 2 rings (SSSR count). The lowest BCUT2D eigenvalue weighted by atomic mass is 9.97. The summed E-state index contributed by atoms with van der Waals surface area (Å²) in [5, 5.41) is 14.1. The molecule has 0 bridgehead atoms. The van der Waals surface area contributed by atoms with Crippen LogP contribution in [-0.2, 0) is 6.42 Å². The molecule has 1 aromatic heterocycles. The van der Waals surface area contributed by atoms with Gasteiger partial charge < -0.3 is 5.11 Å². The van der Waals surface area contributed by atoms with Gasteiger partial charge in [0.1, 0.15) is 0 Å². The molecular weight excluding hydrogens is 192 g/mol. The maximum absolute atomic E-state index is 9.89. The third-order valence-electron chi connectivity index (χ3n) is 3.13. The van der Waals surface area contributed by atoms with Crippen LogP contribution in [0.25, 0.3) is 0 Å². The summed E-state index contributed by atoms with van der Waals surface area (Å²) in [4.78, 5) is 0. The predicted octanol–water partition coefficient (Wildman–Crippen LogP) is 3.23. The fraction of sp³-hybridized carbons (Fsp3) is 0.667. The molecule has 0 amide bonds. The highest BCUT2D eigenvalue weighted by Crippen LogP contribution is 2.29. The van der Waals surface area contributed by atoms with Gasteiger partial charge in [0.2, 0.25) is 0 Å². The second kappa shape index (κ2) is 4.94. The van der Waals surface area contributed by atoms with E-state index in [2.05, 4.69) is 16.8 Å². The Labute approximate surface area is 89.8 Å². The summed E-state index contributed by atoms with van der Waals surface area (Å²) in [7, 11) is 0. The predicted molar refractivity (Wildman–Crippen MR) is 60.6 cm³/mol. The van der Waals surface area contributed by atoms with E-state index < -0.39 is 0 Å². The molecule has 1 nitrogen and oxygen atoms in total. The minimum atomic E-state index is -0.118. The van der Waals surface area contributed by atoms with E-state index in [0.717, 1.165) is 18.8 Å². The van der Waals surface area contributed by atoms with E-state index in [1.54, 1.807) is 11.3 Å². The SMILES string of the molecule is OC(Cc1ccsc1)CC1CCCC1. The van der Waals surface area contributed by atoms with Crippen molar-refractivity contribution >= 4 is 11.3 Å². The van der Waals surface area contributed by atoms with Gasteiger partial charge in [-0.15, -0.1) is 0 Å². The molecule has 1 aliphatic carbocycles. The Kier molecular flexibility index (Phi) is 3.60. The van der Waals surface area contributed by atoms with Crippen molar-refractivity contribution in [3.8, 4) is 0 Å². The van der Waals surface area contributed by atoms with E-state index in [1.165, 1.54) is 31.2 Å². The van der Waals surface area contributed by atoms with Gasteiger partial charge in [-0.3, -0.25) is 0 Å². The summed E-state index contributed by atoms with van der Waals surface area (Å²) in [6.45, 7) is 0. The normalized spacial score (nSPS) is 20.1. The first kappa shape index (κ1) is 10.2. The Morgan fingerprint density at radius 3 is 2.86 bits per heavy atom. The van der Waals surface area contributed by atoms with Gasteiger partial charge in [0.15, 0.2) is 0 Å².